The molecular weight excluding hydrogens is 407 g/mol. The number of benzene rings is 2. The van der Waals surface area contributed by atoms with Crippen molar-refractivity contribution >= 4 is 22.7 Å². The molecule has 0 unspecified atom stereocenters. The molecule has 0 bridgehead atoms. The Morgan fingerprint density at radius 1 is 1.13 bits per heavy atom. The number of ether oxygens (including phenoxy) is 2. The minimum Gasteiger partial charge on any atom is -0.481 e. The monoisotopic (exact) mass is 424 g/mol. The second-order valence-electron chi connectivity index (χ2n) is 6.72. The van der Waals surface area contributed by atoms with Gasteiger partial charge in [0.25, 0.3) is 5.91 Å². The number of hydrogen-bond acceptors (Lipinski definition) is 7. The first-order valence-corrected chi connectivity index (χ1v) is 9.29. The number of aromatic nitrogens is 1. The van der Waals surface area contributed by atoms with E-state index in [-0.39, 0.29) is 22.5 Å². The van der Waals surface area contributed by atoms with Crippen molar-refractivity contribution in [1.82, 2.24) is 5.16 Å². The Morgan fingerprint density at radius 2 is 1.87 bits per heavy atom. The van der Waals surface area contributed by atoms with E-state index in [0.29, 0.717) is 17.3 Å². The van der Waals surface area contributed by atoms with Crippen molar-refractivity contribution in [2.45, 2.75) is 20.0 Å². The Bertz CT molecular complexity index is 1300. The highest BCUT2D eigenvalue weighted by Gasteiger charge is 2.17. The zero-order valence-electron chi connectivity index (χ0n) is 16.5. The zero-order chi connectivity index (χ0) is 22.0. The van der Waals surface area contributed by atoms with Gasteiger partial charge in [-0.15, -0.1) is 0 Å². The number of fused-ring (bicyclic) bond motifs is 1. The lowest BCUT2D eigenvalue weighted by Gasteiger charge is -2.14. The highest BCUT2D eigenvalue weighted by Crippen LogP contribution is 2.25. The van der Waals surface area contributed by atoms with E-state index in [0.717, 1.165) is 0 Å². The first-order chi connectivity index (χ1) is 14.9. The average molecular weight is 424 g/mol. The van der Waals surface area contributed by atoms with E-state index in [1.165, 1.54) is 42.7 Å². The number of rotatable bonds is 6. The van der Waals surface area contributed by atoms with Gasteiger partial charge in [-0.2, -0.15) is 0 Å². The molecule has 1 atom stereocenters. The van der Waals surface area contributed by atoms with Crippen LogP contribution in [0.4, 0.5) is 10.2 Å². The molecule has 158 valence electrons. The molecule has 4 rings (SSSR count). The van der Waals surface area contributed by atoms with E-state index in [1.807, 2.05) is 0 Å². The molecule has 2 aromatic carbocycles. The third kappa shape index (κ3) is 4.55. The molecule has 0 aliphatic carbocycles. The molecule has 1 N–H and O–H groups in total. The van der Waals surface area contributed by atoms with E-state index in [1.54, 1.807) is 26.0 Å². The molecule has 0 aliphatic heterocycles. The fourth-order valence-electron chi connectivity index (χ4n) is 2.78. The van der Waals surface area contributed by atoms with Gasteiger partial charge in [-0.05, 0) is 50.2 Å². The van der Waals surface area contributed by atoms with Crippen LogP contribution < -0.4 is 20.2 Å². The highest BCUT2D eigenvalue weighted by atomic mass is 19.1. The Kier molecular flexibility index (Phi) is 5.40. The molecule has 0 saturated heterocycles. The first-order valence-electron chi connectivity index (χ1n) is 9.29. The van der Waals surface area contributed by atoms with Gasteiger partial charge in [0.15, 0.2) is 11.9 Å². The van der Waals surface area contributed by atoms with Gasteiger partial charge in [0.2, 0.25) is 11.2 Å². The highest BCUT2D eigenvalue weighted by molar-refractivity contribution is 5.93. The summed E-state index contributed by atoms with van der Waals surface area (Å²) < 4.78 is 34.5. The van der Waals surface area contributed by atoms with Crippen molar-refractivity contribution < 1.29 is 27.6 Å². The van der Waals surface area contributed by atoms with Crippen LogP contribution in [-0.4, -0.2) is 17.2 Å². The Hall–Kier alpha value is -4.14. The van der Waals surface area contributed by atoms with Gasteiger partial charge in [-0.3, -0.25) is 9.59 Å². The number of amides is 1. The topological polar surface area (TPSA) is 104 Å². The number of anilines is 1. The Labute approximate surface area is 175 Å². The van der Waals surface area contributed by atoms with Crippen LogP contribution in [0.1, 0.15) is 12.7 Å². The molecule has 8 nitrogen and oxygen atoms in total. The molecule has 0 fully saturated rings. The second-order valence-corrected chi connectivity index (χ2v) is 6.72. The van der Waals surface area contributed by atoms with Crippen LogP contribution in [0.5, 0.6) is 17.2 Å². The van der Waals surface area contributed by atoms with E-state index in [2.05, 4.69) is 10.5 Å². The summed E-state index contributed by atoms with van der Waals surface area (Å²) in [6.07, 6.45) is 0.322. The third-order valence-electron chi connectivity index (χ3n) is 4.32. The number of aryl methyl sites for hydroxylation is 1. The van der Waals surface area contributed by atoms with E-state index in [9.17, 15) is 14.0 Å². The predicted molar refractivity (Wildman–Crippen MR) is 109 cm³/mol. The van der Waals surface area contributed by atoms with E-state index in [4.69, 9.17) is 18.4 Å². The SMILES string of the molecule is Cc1cc(NC(=O)[C@@H](C)Oc2ccc3c(=O)c(Oc4ccc(F)cc4)coc3c2)no1. The fraction of sp³-hybridized carbons (Fsp3) is 0.136. The molecule has 0 aliphatic rings. The quantitative estimate of drug-likeness (QED) is 0.488. The fourth-order valence-corrected chi connectivity index (χ4v) is 2.78. The van der Waals surface area contributed by atoms with Crippen molar-refractivity contribution in [3.05, 3.63) is 76.6 Å². The van der Waals surface area contributed by atoms with Crippen molar-refractivity contribution in [2.24, 2.45) is 0 Å². The molecule has 2 heterocycles. The normalized spacial score (nSPS) is 11.8. The maximum absolute atomic E-state index is 13.0. The maximum atomic E-state index is 13.0. The van der Waals surface area contributed by atoms with Crippen LogP contribution in [0.3, 0.4) is 0 Å². The lowest BCUT2D eigenvalue weighted by molar-refractivity contribution is -0.122. The third-order valence-corrected chi connectivity index (χ3v) is 4.32. The van der Waals surface area contributed by atoms with Gasteiger partial charge in [0.1, 0.15) is 34.9 Å². The minimum atomic E-state index is -0.845. The predicted octanol–water partition coefficient (Wildman–Crippen LogP) is 4.43. The number of carbonyl (C=O) groups excluding carboxylic acids is 1. The number of hydrogen-bond donors (Lipinski definition) is 1. The summed E-state index contributed by atoms with van der Waals surface area (Å²) in [6, 6.07) is 11.4. The molecule has 4 aromatic rings. The largest absolute Gasteiger partial charge is 0.481 e. The number of nitrogens with one attached hydrogen (secondary N) is 1. The van der Waals surface area contributed by atoms with Crippen LogP contribution in [0, 0.1) is 12.7 Å². The van der Waals surface area contributed by atoms with Crippen LogP contribution in [-0.2, 0) is 4.79 Å². The van der Waals surface area contributed by atoms with Gasteiger partial charge in [0.05, 0.1) is 5.39 Å². The van der Waals surface area contributed by atoms with Gasteiger partial charge < -0.3 is 23.7 Å². The maximum Gasteiger partial charge on any atom is 0.266 e. The van der Waals surface area contributed by atoms with Gasteiger partial charge in [0, 0.05) is 12.1 Å². The first kappa shape index (κ1) is 20.1. The molecule has 0 radical (unpaired) electrons. The van der Waals surface area contributed by atoms with E-state index >= 15 is 0 Å². The van der Waals surface area contributed by atoms with Crippen LogP contribution in [0.15, 0.2) is 68.5 Å². The molecular formula is C22H17FN2O6. The number of carbonyl (C=O) groups is 1. The van der Waals surface area contributed by atoms with Crippen molar-refractivity contribution in [2.75, 3.05) is 5.32 Å². The zero-order valence-corrected chi connectivity index (χ0v) is 16.5. The smallest absolute Gasteiger partial charge is 0.266 e. The minimum absolute atomic E-state index is 0.0385. The number of halogens is 1. The molecule has 0 saturated carbocycles. The second kappa shape index (κ2) is 8.31. The Balaban J connectivity index is 1.49. The van der Waals surface area contributed by atoms with Crippen molar-refractivity contribution in [1.29, 1.82) is 0 Å². The molecule has 2 aromatic heterocycles. The van der Waals surface area contributed by atoms with Crippen LogP contribution in [0.25, 0.3) is 11.0 Å². The lowest BCUT2D eigenvalue weighted by Crippen LogP contribution is -2.30. The summed E-state index contributed by atoms with van der Waals surface area (Å²) in [5.74, 6) is 0.620. The summed E-state index contributed by atoms with van der Waals surface area (Å²) in [5.41, 5.74) is -0.141. The summed E-state index contributed by atoms with van der Waals surface area (Å²) in [5, 5.41) is 6.54. The van der Waals surface area contributed by atoms with Crippen LogP contribution in [0.2, 0.25) is 0 Å². The van der Waals surface area contributed by atoms with E-state index < -0.39 is 23.3 Å². The molecule has 31 heavy (non-hydrogen) atoms. The summed E-state index contributed by atoms with van der Waals surface area (Å²) in [6.45, 7) is 3.28. The average Bonchev–Trinajstić information content (AvgIpc) is 3.16. The van der Waals surface area contributed by atoms with Gasteiger partial charge in [-0.1, -0.05) is 5.16 Å². The summed E-state index contributed by atoms with van der Waals surface area (Å²) >= 11 is 0. The van der Waals surface area contributed by atoms with Crippen molar-refractivity contribution in [3.63, 3.8) is 0 Å². The number of nitrogens with zero attached hydrogens (tertiary/aromatic N) is 1. The standard InChI is InChI=1S/C22H17FN2O6/c1-12-9-20(25-31-12)24-22(27)13(2)29-16-7-8-17-18(10-16)28-11-19(21(17)26)30-15-5-3-14(23)4-6-15/h3-11,13H,1-2H3,(H,24,25,27)/t13-/m1/s1. The Morgan fingerprint density at radius 3 is 2.58 bits per heavy atom. The van der Waals surface area contributed by atoms with Crippen molar-refractivity contribution in [3.8, 4) is 17.2 Å². The molecule has 1 amide bonds. The van der Waals surface area contributed by atoms with Gasteiger partial charge >= 0.3 is 0 Å². The molecule has 9 heteroatoms. The summed E-state index contributed by atoms with van der Waals surface area (Å²) in [4.78, 5) is 24.9. The molecule has 0 spiro atoms. The van der Waals surface area contributed by atoms with Crippen LogP contribution >= 0.6 is 0 Å². The van der Waals surface area contributed by atoms with Gasteiger partial charge in [-0.25, -0.2) is 4.39 Å². The summed E-state index contributed by atoms with van der Waals surface area (Å²) in [7, 11) is 0. The lowest BCUT2D eigenvalue weighted by atomic mass is 10.2.